The molecular weight excluding hydrogens is 194 g/mol. The summed E-state index contributed by atoms with van der Waals surface area (Å²) < 4.78 is 26.1. The zero-order chi connectivity index (χ0) is 9.59. The molecule has 0 bridgehead atoms. The highest BCUT2D eigenvalue weighted by Crippen LogP contribution is 2.44. The molecule has 0 aromatic heterocycles. The molecular formula is C10H9ClF2. The van der Waals surface area contributed by atoms with Crippen molar-refractivity contribution in [1.82, 2.24) is 0 Å². The monoisotopic (exact) mass is 202 g/mol. The average Bonchev–Trinajstić information content (AvgIpc) is 2.27. The van der Waals surface area contributed by atoms with Gasteiger partial charge in [-0.25, -0.2) is 8.78 Å². The molecule has 0 nitrogen and oxygen atoms in total. The second-order valence-electron chi connectivity index (χ2n) is 3.49. The van der Waals surface area contributed by atoms with Gasteiger partial charge >= 0.3 is 0 Å². The molecule has 2 rings (SSSR count). The van der Waals surface area contributed by atoms with Gasteiger partial charge in [0.2, 0.25) is 0 Å². The van der Waals surface area contributed by atoms with Crippen LogP contribution in [0.2, 0.25) is 0 Å². The van der Waals surface area contributed by atoms with Crippen molar-refractivity contribution in [3.8, 4) is 0 Å². The molecule has 0 saturated carbocycles. The number of hydrogen-bond donors (Lipinski definition) is 0. The minimum Gasteiger partial charge on any atom is -0.207 e. The lowest BCUT2D eigenvalue weighted by Crippen LogP contribution is -1.93. The lowest BCUT2D eigenvalue weighted by molar-refractivity contribution is 0.565. The largest absolute Gasteiger partial charge is 0.207 e. The van der Waals surface area contributed by atoms with Crippen LogP contribution in [0.4, 0.5) is 8.78 Å². The van der Waals surface area contributed by atoms with Crippen LogP contribution < -0.4 is 0 Å². The molecule has 0 aliphatic heterocycles. The molecule has 1 aliphatic rings. The van der Waals surface area contributed by atoms with Crippen LogP contribution in [-0.2, 0) is 0 Å². The summed E-state index contributed by atoms with van der Waals surface area (Å²) in [5.41, 5.74) is 1.20. The molecule has 2 atom stereocenters. The van der Waals surface area contributed by atoms with E-state index in [-0.39, 0.29) is 11.3 Å². The van der Waals surface area contributed by atoms with Gasteiger partial charge in [0.1, 0.15) is 11.6 Å². The summed E-state index contributed by atoms with van der Waals surface area (Å²) in [6.07, 6.45) is 0.692. The lowest BCUT2D eigenvalue weighted by atomic mass is 10.0. The van der Waals surface area contributed by atoms with E-state index >= 15 is 0 Å². The summed E-state index contributed by atoms with van der Waals surface area (Å²) in [7, 11) is 0. The molecule has 0 heterocycles. The van der Waals surface area contributed by atoms with Gasteiger partial charge in [0.25, 0.3) is 0 Å². The minimum atomic E-state index is -0.545. The number of alkyl halides is 1. The normalized spacial score (nSPS) is 26.2. The molecule has 1 aromatic rings. The molecule has 0 N–H and O–H groups in total. The van der Waals surface area contributed by atoms with Gasteiger partial charge < -0.3 is 0 Å². The van der Waals surface area contributed by atoms with E-state index < -0.39 is 11.6 Å². The second kappa shape index (κ2) is 2.95. The molecule has 0 spiro atoms. The summed E-state index contributed by atoms with van der Waals surface area (Å²) in [5.74, 6) is -0.917. The third-order valence-electron chi connectivity index (χ3n) is 2.52. The van der Waals surface area contributed by atoms with E-state index in [0.717, 1.165) is 6.07 Å². The Labute approximate surface area is 80.5 Å². The summed E-state index contributed by atoms with van der Waals surface area (Å²) in [5, 5.41) is -0.241. The SMILES string of the molecule is CC1CC(Cl)c2cc(F)cc(F)c21. The van der Waals surface area contributed by atoms with Gasteiger partial charge in [-0.2, -0.15) is 0 Å². The van der Waals surface area contributed by atoms with Crippen molar-refractivity contribution in [2.45, 2.75) is 24.6 Å². The van der Waals surface area contributed by atoms with Gasteiger partial charge in [0, 0.05) is 6.07 Å². The number of hydrogen-bond acceptors (Lipinski definition) is 0. The third kappa shape index (κ3) is 1.33. The first-order valence-corrected chi connectivity index (χ1v) is 4.66. The first-order valence-electron chi connectivity index (χ1n) is 4.22. The summed E-state index contributed by atoms with van der Waals surface area (Å²) in [4.78, 5) is 0. The van der Waals surface area contributed by atoms with Gasteiger partial charge in [-0.1, -0.05) is 6.92 Å². The van der Waals surface area contributed by atoms with Gasteiger partial charge in [-0.05, 0) is 29.5 Å². The topological polar surface area (TPSA) is 0 Å². The maximum absolute atomic E-state index is 13.3. The molecule has 13 heavy (non-hydrogen) atoms. The Morgan fingerprint density at radius 3 is 2.77 bits per heavy atom. The number of rotatable bonds is 0. The number of halogens is 3. The molecule has 1 aromatic carbocycles. The molecule has 70 valence electrons. The average molecular weight is 203 g/mol. The van der Waals surface area contributed by atoms with Crippen molar-refractivity contribution in [2.75, 3.05) is 0 Å². The van der Waals surface area contributed by atoms with E-state index in [1.165, 1.54) is 6.07 Å². The third-order valence-corrected chi connectivity index (χ3v) is 2.93. The van der Waals surface area contributed by atoms with E-state index in [4.69, 9.17) is 11.6 Å². The summed E-state index contributed by atoms with van der Waals surface area (Å²) in [6, 6.07) is 2.25. The van der Waals surface area contributed by atoms with E-state index in [2.05, 4.69) is 0 Å². The summed E-state index contributed by atoms with van der Waals surface area (Å²) in [6.45, 7) is 1.90. The van der Waals surface area contributed by atoms with Crippen LogP contribution in [0, 0.1) is 11.6 Å². The number of benzene rings is 1. The molecule has 0 amide bonds. The molecule has 3 heteroatoms. The Balaban J connectivity index is 2.63. The highest BCUT2D eigenvalue weighted by Gasteiger charge is 2.30. The van der Waals surface area contributed by atoms with Crippen LogP contribution in [0.25, 0.3) is 0 Å². The Morgan fingerprint density at radius 1 is 1.38 bits per heavy atom. The zero-order valence-electron chi connectivity index (χ0n) is 7.15. The first kappa shape index (κ1) is 8.95. The fourth-order valence-electron chi connectivity index (χ4n) is 1.94. The van der Waals surface area contributed by atoms with Crippen LogP contribution in [0.3, 0.4) is 0 Å². The predicted molar refractivity (Wildman–Crippen MR) is 48.0 cm³/mol. The molecule has 1 aliphatic carbocycles. The smallest absolute Gasteiger partial charge is 0.129 e. The Kier molecular flexibility index (Phi) is 2.03. The van der Waals surface area contributed by atoms with E-state index in [9.17, 15) is 8.78 Å². The highest BCUT2D eigenvalue weighted by molar-refractivity contribution is 6.21. The van der Waals surface area contributed by atoms with Gasteiger partial charge in [-0.3, -0.25) is 0 Å². The van der Waals surface area contributed by atoms with E-state index in [1.54, 1.807) is 0 Å². The van der Waals surface area contributed by atoms with Crippen molar-refractivity contribution in [2.24, 2.45) is 0 Å². The van der Waals surface area contributed by atoms with Crippen molar-refractivity contribution in [3.05, 3.63) is 34.9 Å². The quantitative estimate of drug-likeness (QED) is 0.562. The van der Waals surface area contributed by atoms with Crippen LogP contribution >= 0.6 is 11.6 Å². The Hall–Kier alpha value is -0.630. The van der Waals surface area contributed by atoms with Crippen molar-refractivity contribution >= 4 is 11.6 Å². The van der Waals surface area contributed by atoms with Crippen LogP contribution in [0.15, 0.2) is 12.1 Å². The van der Waals surface area contributed by atoms with Crippen molar-refractivity contribution < 1.29 is 8.78 Å². The predicted octanol–water partition coefficient (Wildman–Crippen LogP) is 3.75. The second-order valence-corrected chi connectivity index (χ2v) is 4.02. The zero-order valence-corrected chi connectivity index (χ0v) is 7.91. The summed E-state index contributed by atoms with van der Waals surface area (Å²) >= 11 is 5.95. The highest BCUT2D eigenvalue weighted by atomic mass is 35.5. The van der Waals surface area contributed by atoms with Gasteiger partial charge in [-0.15, -0.1) is 11.6 Å². The van der Waals surface area contributed by atoms with Crippen LogP contribution in [0.1, 0.15) is 35.8 Å². The molecule has 0 fully saturated rings. The van der Waals surface area contributed by atoms with Crippen LogP contribution in [0.5, 0.6) is 0 Å². The first-order chi connectivity index (χ1) is 6.09. The van der Waals surface area contributed by atoms with Gasteiger partial charge in [0.15, 0.2) is 0 Å². The lowest BCUT2D eigenvalue weighted by Gasteiger charge is -2.05. The minimum absolute atomic E-state index is 0.0955. The maximum atomic E-state index is 13.3. The van der Waals surface area contributed by atoms with Gasteiger partial charge in [0.05, 0.1) is 5.38 Å². The molecule has 2 unspecified atom stereocenters. The van der Waals surface area contributed by atoms with Crippen LogP contribution in [-0.4, -0.2) is 0 Å². The molecule has 0 saturated heterocycles. The molecule has 0 radical (unpaired) electrons. The maximum Gasteiger partial charge on any atom is 0.129 e. The number of fused-ring (bicyclic) bond motifs is 1. The Bertz CT molecular complexity index is 349. The van der Waals surface area contributed by atoms with Crippen molar-refractivity contribution in [3.63, 3.8) is 0 Å². The van der Waals surface area contributed by atoms with E-state index in [1.807, 2.05) is 6.92 Å². The standard InChI is InChI=1S/C10H9ClF2/c1-5-2-8(11)7-3-6(12)4-9(13)10(5)7/h3-5,8H,2H2,1H3. The van der Waals surface area contributed by atoms with Crippen molar-refractivity contribution in [1.29, 1.82) is 0 Å². The van der Waals surface area contributed by atoms with E-state index in [0.29, 0.717) is 17.5 Å². The fraction of sp³-hybridized carbons (Fsp3) is 0.400. The Morgan fingerprint density at radius 2 is 2.08 bits per heavy atom. The fourth-order valence-corrected chi connectivity index (χ4v) is 2.39.